The van der Waals surface area contributed by atoms with Crippen LogP contribution in [0.4, 0.5) is 0 Å². The van der Waals surface area contributed by atoms with Crippen LogP contribution in [0.25, 0.3) is 0 Å². The zero-order valence-corrected chi connectivity index (χ0v) is 24.3. The normalized spacial score (nSPS) is 21.8. The van der Waals surface area contributed by atoms with Gasteiger partial charge in [0.1, 0.15) is 0 Å². The van der Waals surface area contributed by atoms with Crippen LogP contribution in [-0.4, -0.2) is 5.16 Å². The van der Waals surface area contributed by atoms with E-state index in [1.165, 1.54) is 92.0 Å². The molecule has 1 fully saturated rings. The Morgan fingerprint density at radius 3 is 1.72 bits per heavy atom. The molecule has 0 bridgehead atoms. The van der Waals surface area contributed by atoms with E-state index in [2.05, 4.69) is 101 Å². The van der Waals surface area contributed by atoms with E-state index in [-0.39, 0.29) is 0 Å². The largest absolute Gasteiger partial charge is 0.0622 e. The maximum Gasteiger partial charge on any atom is -0.00426 e. The average Bonchev–Trinajstić information content (AvgIpc) is 2.84. The SMILES string of the molecule is Cc1cc(C)cc(P(c2cc(C)cc(C)c2)C2(C)CCCCCCC(Cc3ccccc3)CCC2)c1. The topological polar surface area (TPSA) is 0 Å². The highest BCUT2D eigenvalue weighted by atomic mass is 31.1. The third-order valence-corrected chi connectivity index (χ3v) is 11.3. The average molecular weight is 499 g/mol. The first-order valence-corrected chi connectivity index (χ1v) is 15.7. The fraction of sp³-hybridized carbons (Fsp3) is 0.486. The van der Waals surface area contributed by atoms with Crippen LogP contribution in [0.3, 0.4) is 0 Å². The second-order valence-electron chi connectivity index (χ2n) is 11.9. The Kier molecular flexibility index (Phi) is 9.47. The fourth-order valence-electron chi connectivity index (χ4n) is 6.64. The summed E-state index contributed by atoms with van der Waals surface area (Å²) in [6.07, 6.45) is 13.6. The second-order valence-corrected chi connectivity index (χ2v) is 14.7. The summed E-state index contributed by atoms with van der Waals surface area (Å²) in [5.74, 6) is 0.823. The fourth-order valence-corrected chi connectivity index (χ4v) is 10.3. The highest BCUT2D eigenvalue weighted by Gasteiger charge is 2.36. The van der Waals surface area contributed by atoms with E-state index < -0.39 is 7.92 Å². The minimum atomic E-state index is -0.436. The third-order valence-electron chi connectivity index (χ3n) is 8.24. The van der Waals surface area contributed by atoms with E-state index in [0.29, 0.717) is 5.16 Å². The zero-order chi connectivity index (χ0) is 25.5. The summed E-state index contributed by atoms with van der Waals surface area (Å²) < 4.78 is 0. The van der Waals surface area contributed by atoms with Crippen molar-refractivity contribution in [3.05, 3.63) is 94.5 Å². The van der Waals surface area contributed by atoms with E-state index in [1.807, 2.05) is 0 Å². The van der Waals surface area contributed by atoms with Crippen LogP contribution in [0.15, 0.2) is 66.7 Å². The quantitative estimate of drug-likeness (QED) is 0.307. The third kappa shape index (κ3) is 7.32. The van der Waals surface area contributed by atoms with Crippen LogP contribution in [0.2, 0.25) is 0 Å². The van der Waals surface area contributed by atoms with Gasteiger partial charge in [0.05, 0.1) is 0 Å². The van der Waals surface area contributed by atoms with Gasteiger partial charge in [0.2, 0.25) is 0 Å². The van der Waals surface area contributed by atoms with Crippen LogP contribution in [0, 0.1) is 33.6 Å². The number of hydrogen-bond donors (Lipinski definition) is 0. The summed E-state index contributed by atoms with van der Waals surface area (Å²) in [4.78, 5) is 0. The molecule has 0 saturated heterocycles. The highest BCUT2D eigenvalue weighted by Crippen LogP contribution is 2.54. The molecule has 0 aliphatic heterocycles. The van der Waals surface area contributed by atoms with Gasteiger partial charge < -0.3 is 0 Å². The van der Waals surface area contributed by atoms with E-state index in [1.54, 1.807) is 10.6 Å². The van der Waals surface area contributed by atoms with Crippen molar-refractivity contribution in [1.82, 2.24) is 0 Å². The van der Waals surface area contributed by atoms with Crippen molar-refractivity contribution in [2.45, 2.75) is 104 Å². The van der Waals surface area contributed by atoms with Crippen molar-refractivity contribution >= 4 is 18.5 Å². The predicted molar refractivity (Wildman–Crippen MR) is 162 cm³/mol. The zero-order valence-electron chi connectivity index (χ0n) is 23.4. The highest BCUT2D eigenvalue weighted by molar-refractivity contribution is 7.74. The molecule has 0 heterocycles. The molecule has 0 amide bonds. The van der Waals surface area contributed by atoms with Gasteiger partial charge in [-0.05, 0) is 82.1 Å². The van der Waals surface area contributed by atoms with Crippen LogP contribution in [0.1, 0.15) is 92.5 Å². The molecule has 2 unspecified atom stereocenters. The van der Waals surface area contributed by atoms with E-state index in [9.17, 15) is 0 Å². The lowest BCUT2D eigenvalue weighted by Crippen LogP contribution is -2.33. The molecule has 3 aromatic rings. The lowest BCUT2D eigenvalue weighted by Gasteiger charge is -2.40. The van der Waals surface area contributed by atoms with Crippen LogP contribution >= 0.6 is 7.92 Å². The molecule has 3 aromatic carbocycles. The number of benzene rings is 3. The molecule has 0 nitrogen and oxygen atoms in total. The second kappa shape index (κ2) is 12.6. The van der Waals surface area contributed by atoms with Crippen molar-refractivity contribution in [2.24, 2.45) is 5.92 Å². The molecule has 36 heavy (non-hydrogen) atoms. The van der Waals surface area contributed by atoms with Gasteiger partial charge in [0, 0.05) is 0 Å². The minimum Gasteiger partial charge on any atom is -0.0622 e. The smallest absolute Gasteiger partial charge is 0.00426 e. The molecule has 4 rings (SSSR count). The maximum atomic E-state index is 2.65. The standard InChI is InChI=1S/C35H47P/c1-27-20-28(2)23-33(22-27)36(34-24-29(3)21-30(4)25-34)35(5)18-12-7-6-9-14-32(17-13-19-35)26-31-15-10-8-11-16-31/h8,10-11,15-16,20-25,32H,6-7,9,12-14,17-19,26H2,1-5H3. The summed E-state index contributed by atoms with van der Waals surface area (Å²) in [5.41, 5.74) is 7.15. The van der Waals surface area contributed by atoms with E-state index in [0.717, 1.165) is 5.92 Å². The molecule has 1 saturated carbocycles. The molecule has 1 aliphatic rings. The molecular formula is C35H47P. The van der Waals surface area contributed by atoms with Crippen molar-refractivity contribution < 1.29 is 0 Å². The van der Waals surface area contributed by atoms with Crippen molar-refractivity contribution in [2.75, 3.05) is 0 Å². The van der Waals surface area contributed by atoms with Gasteiger partial charge in [-0.3, -0.25) is 0 Å². The van der Waals surface area contributed by atoms with Crippen molar-refractivity contribution in [3.63, 3.8) is 0 Å². The van der Waals surface area contributed by atoms with E-state index in [4.69, 9.17) is 0 Å². The Balaban J connectivity index is 1.66. The summed E-state index contributed by atoms with van der Waals surface area (Å²) in [5, 5.41) is 3.51. The van der Waals surface area contributed by atoms with Gasteiger partial charge >= 0.3 is 0 Å². The Morgan fingerprint density at radius 1 is 0.639 bits per heavy atom. The Hall–Kier alpha value is -1.91. The summed E-state index contributed by atoms with van der Waals surface area (Å²) in [6, 6.07) is 25.9. The maximum absolute atomic E-state index is 2.65. The van der Waals surface area contributed by atoms with Gasteiger partial charge in [-0.15, -0.1) is 0 Å². The Bertz CT molecular complexity index is 1020. The minimum absolute atomic E-state index is 0.331. The molecule has 2 atom stereocenters. The Labute approximate surface area is 222 Å². The first-order valence-electron chi connectivity index (χ1n) is 14.3. The van der Waals surface area contributed by atoms with E-state index >= 15 is 0 Å². The molecule has 192 valence electrons. The number of aryl methyl sites for hydroxylation is 4. The molecule has 0 N–H and O–H groups in total. The number of hydrogen-bond acceptors (Lipinski definition) is 0. The first kappa shape index (κ1) is 27.1. The summed E-state index contributed by atoms with van der Waals surface area (Å²) >= 11 is 0. The predicted octanol–water partition coefficient (Wildman–Crippen LogP) is 9.50. The lowest BCUT2D eigenvalue weighted by atomic mass is 9.88. The van der Waals surface area contributed by atoms with Gasteiger partial charge in [0.25, 0.3) is 0 Å². The summed E-state index contributed by atoms with van der Waals surface area (Å²) in [6.45, 7) is 11.8. The Morgan fingerprint density at radius 2 is 1.14 bits per heavy atom. The van der Waals surface area contributed by atoms with Crippen molar-refractivity contribution in [3.8, 4) is 0 Å². The van der Waals surface area contributed by atoms with Gasteiger partial charge in [-0.25, -0.2) is 0 Å². The molecular weight excluding hydrogens is 451 g/mol. The molecule has 0 radical (unpaired) electrons. The molecule has 0 spiro atoms. The monoisotopic (exact) mass is 498 g/mol. The molecule has 1 aliphatic carbocycles. The van der Waals surface area contributed by atoms with Gasteiger partial charge in [-0.1, -0.05) is 141 Å². The molecule has 0 aromatic heterocycles. The summed E-state index contributed by atoms with van der Waals surface area (Å²) in [7, 11) is -0.436. The van der Waals surface area contributed by atoms with Gasteiger partial charge in [-0.2, -0.15) is 0 Å². The lowest BCUT2D eigenvalue weighted by molar-refractivity contribution is 0.402. The first-order chi connectivity index (χ1) is 17.3. The van der Waals surface area contributed by atoms with Gasteiger partial charge in [0.15, 0.2) is 0 Å². The van der Waals surface area contributed by atoms with Crippen LogP contribution in [0.5, 0.6) is 0 Å². The van der Waals surface area contributed by atoms with Crippen molar-refractivity contribution in [1.29, 1.82) is 0 Å². The molecule has 1 heteroatoms. The number of rotatable bonds is 5. The van der Waals surface area contributed by atoms with Crippen LogP contribution in [-0.2, 0) is 6.42 Å². The van der Waals surface area contributed by atoms with Crippen LogP contribution < -0.4 is 10.6 Å².